The second-order valence-electron chi connectivity index (χ2n) is 2.96. The molecule has 1 N–H and O–H groups in total. The molecule has 0 aliphatic rings. The Bertz CT molecular complexity index is 446. The summed E-state index contributed by atoms with van der Waals surface area (Å²) in [5.41, 5.74) is -0.317. The standard InChI is InChI=1S/C9H8ClNO5/c1-16-4-5-2-7(10)8(11(14)15)3-6(5)9(12)13/h2-3H,4H2,1H3,(H,12,13). The van der Waals surface area contributed by atoms with Crippen molar-refractivity contribution in [3.8, 4) is 0 Å². The summed E-state index contributed by atoms with van der Waals surface area (Å²) >= 11 is 5.65. The van der Waals surface area contributed by atoms with Crippen molar-refractivity contribution >= 4 is 23.3 Å². The molecular formula is C9H8ClNO5. The first kappa shape index (κ1) is 12.4. The van der Waals surface area contributed by atoms with Gasteiger partial charge in [-0.05, 0) is 11.6 Å². The lowest BCUT2D eigenvalue weighted by Crippen LogP contribution is -2.05. The third-order valence-corrected chi connectivity index (χ3v) is 2.20. The molecule has 86 valence electrons. The molecule has 16 heavy (non-hydrogen) atoms. The normalized spacial score (nSPS) is 10.1. The van der Waals surface area contributed by atoms with Gasteiger partial charge in [-0.3, -0.25) is 10.1 Å². The quantitative estimate of drug-likeness (QED) is 0.648. The highest BCUT2D eigenvalue weighted by molar-refractivity contribution is 6.32. The highest BCUT2D eigenvalue weighted by Crippen LogP contribution is 2.28. The SMILES string of the molecule is COCc1cc(Cl)c([N+](=O)[O-])cc1C(=O)O. The van der Waals surface area contributed by atoms with Gasteiger partial charge in [-0.25, -0.2) is 4.79 Å². The van der Waals surface area contributed by atoms with Crippen molar-refractivity contribution in [1.82, 2.24) is 0 Å². The summed E-state index contributed by atoms with van der Waals surface area (Å²) in [7, 11) is 1.39. The van der Waals surface area contributed by atoms with E-state index in [9.17, 15) is 14.9 Å². The zero-order chi connectivity index (χ0) is 12.3. The zero-order valence-corrected chi connectivity index (χ0v) is 9.02. The number of halogens is 1. The van der Waals surface area contributed by atoms with E-state index in [1.807, 2.05) is 0 Å². The largest absolute Gasteiger partial charge is 0.478 e. The van der Waals surface area contributed by atoms with Crippen LogP contribution in [0.5, 0.6) is 0 Å². The van der Waals surface area contributed by atoms with Gasteiger partial charge in [-0.1, -0.05) is 11.6 Å². The minimum atomic E-state index is -1.26. The molecule has 1 aromatic carbocycles. The van der Waals surface area contributed by atoms with Gasteiger partial charge in [-0.2, -0.15) is 0 Å². The third-order valence-electron chi connectivity index (χ3n) is 1.90. The topological polar surface area (TPSA) is 89.7 Å². The Hall–Kier alpha value is -1.66. The molecule has 0 saturated carbocycles. The number of nitrogens with zero attached hydrogens (tertiary/aromatic N) is 1. The number of nitro benzene ring substituents is 1. The molecule has 7 heteroatoms. The van der Waals surface area contributed by atoms with Gasteiger partial charge in [0.15, 0.2) is 0 Å². The fraction of sp³-hybridized carbons (Fsp3) is 0.222. The first-order valence-electron chi connectivity index (χ1n) is 4.16. The first-order chi connectivity index (χ1) is 7.47. The summed E-state index contributed by atoms with van der Waals surface area (Å²) in [5, 5.41) is 19.3. The Morgan fingerprint density at radius 2 is 2.25 bits per heavy atom. The van der Waals surface area contributed by atoms with E-state index in [0.717, 1.165) is 6.07 Å². The van der Waals surface area contributed by atoms with Gasteiger partial charge >= 0.3 is 5.97 Å². The van der Waals surface area contributed by atoms with Crippen molar-refractivity contribution in [2.24, 2.45) is 0 Å². The second-order valence-corrected chi connectivity index (χ2v) is 3.36. The third kappa shape index (κ3) is 2.47. The van der Waals surface area contributed by atoms with Crippen LogP contribution in [0.25, 0.3) is 0 Å². The van der Waals surface area contributed by atoms with Crippen molar-refractivity contribution in [3.63, 3.8) is 0 Å². The highest BCUT2D eigenvalue weighted by atomic mass is 35.5. The molecule has 0 aliphatic heterocycles. The van der Waals surface area contributed by atoms with Crippen molar-refractivity contribution in [2.75, 3.05) is 7.11 Å². The van der Waals surface area contributed by atoms with Gasteiger partial charge in [-0.15, -0.1) is 0 Å². The molecule has 0 saturated heterocycles. The van der Waals surface area contributed by atoms with E-state index in [1.54, 1.807) is 0 Å². The fourth-order valence-electron chi connectivity index (χ4n) is 1.22. The number of benzene rings is 1. The monoisotopic (exact) mass is 245 g/mol. The molecule has 0 bridgehead atoms. The van der Waals surface area contributed by atoms with Crippen LogP contribution in [0.3, 0.4) is 0 Å². The van der Waals surface area contributed by atoms with E-state index >= 15 is 0 Å². The predicted molar refractivity (Wildman–Crippen MR) is 55.8 cm³/mol. The number of carboxylic acid groups (broad SMARTS) is 1. The van der Waals surface area contributed by atoms with Gasteiger partial charge in [0.2, 0.25) is 0 Å². The number of methoxy groups -OCH3 is 1. The summed E-state index contributed by atoms with van der Waals surface area (Å²) in [4.78, 5) is 20.7. The van der Waals surface area contributed by atoms with E-state index in [-0.39, 0.29) is 17.2 Å². The lowest BCUT2D eigenvalue weighted by atomic mass is 10.1. The van der Waals surface area contributed by atoms with E-state index in [1.165, 1.54) is 13.2 Å². The molecule has 0 fully saturated rings. The molecule has 0 unspecified atom stereocenters. The van der Waals surface area contributed by atoms with Crippen LogP contribution in [0.15, 0.2) is 12.1 Å². The van der Waals surface area contributed by atoms with Crippen LogP contribution in [0.1, 0.15) is 15.9 Å². The Morgan fingerprint density at radius 1 is 1.62 bits per heavy atom. The number of rotatable bonds is 4. The summed E-state index contributed by atoms with van der Waals surface area (Å²) in [6, 6.07) is 2.16. The maximum atomic E-state index is 10.9. The Labute approximate surface area is 95.6 Å². The number of carboxylic acids is 1. The van der Waals surface area contributed by atoms with E-state index < -0.39 is 16.6 Å². The Kier molecular flexibility index (Phi) is 3.81. The zero-order valence-electron chi connectivity index (χ0n) is 8.27. The van der Waals surface area contributed by atoms with Crippen molar-refractivity contribution in [2.45, 2.75) is 6.61 Å². The fourth-order valence-corrected chi connectivity index (χ4v) is 1.47. The first-order valence-corrected chi connectivity index (χ1v) is 4.54. The van der Waals surface area contributed by atoms with Crippen LogP contribution < -0.4 is 0 Å². The highest BCUT2D eigenvalue weighted by Gasteiger charge is 2.20. The van der Waals surface area contributed by atoms with Crippen LogP contribution in [-0.4, -0.2) is 23.1 Å². The van der Waals surface area contributed by atoms with Gasteiger partial charge in [0.25, 0.3) is 5.69 Å². The summed E-state index contributed by atoms with van der Waals surface area (Å²) in [6.07, 6.45) is 0. The molecule has 0 radical (unpaired) electrons. The summed E-state index contributed by atoms with van der Waals surface area (Å²) in [6.45, 7) is 0.0271. The molecule has 0 atom stereocenters. The van der Waals surface area contributed by atoms with E-state index in [0.29, 0.717) is 5.56 Å². The average Bonchev–Trinajstić information content (AvgIpc) is 2.17. The molecule has 0 spiro atoms. The summed E-state index contributed by atoms with van der Waals surface area (Å²) < 4.78 is 4.78. The predicted octanol–water partition coefficient (Wildman–Crippen LogP) is 2.09. The lowest BCUT2D eigenvalue weighted by Gasteiger charge is -2.05. The number of carbonyl (C=O) groups is 1. The molecule has 0 heterocycles. The molecule has 1 rings (SSSR count). The van der Waals surface area contributed by atoms with Crippen LogP contribution in [-0.2, 0) is 11.3 Å². The number of hydrogen-bond donors (Lipinski definition) is 1. The average molecular weight is 246 g/mol. The number of aromatic carboxylic acids is 1. The Morgan fingerprint density at radius 3 is 2.69 bits per heavy atom. The van der Waals surface area contributed by atoms with Crippen LogP contribution in [0.4, 0.5) is 5.69 Å². The second kappa shape index (κ2) is 4.91. The summed E-state index contributed by atoms with van der Waals surface area (Å²) in [5.74, 6) is -1.26. The van der Waals surface area contributed by atoms with Crippen molar-refractivity contribution < 1.29 is 19.6 Å². The van der Waals surface area contributed by atoms with Crippen LogP contribution >= 0.6 is 11.6 Å². The van der Waals surface area contributed by atoms with Crippen molar-refractivity contribution in [1.29, 1.82) is 0 Å². The molecule has 0 aliphatic carbocycles. The molecular weight excluding hydrogens is 238 g/mol. The molecule has 0 aromatic heterocycles. The van der Waals surface area contributed by atoms with Gasteiger partial charge in [0.05, 0.1) is 17.1 Å². The molecule has 6 nitrogen and oxygen atoms in total. The minimum Gasteiger partial charge on any atom is -0.478 e. The van der Waals surface area contributed by atoms with Crippen molar-refractivity contribution in [3.05, 3.63) is 38.4 Å². The number of ether oxygens (including phenoxy) is 1. The van der Waals surface area contributed by atoms with E-state index in [2.05, 4.69) is 0 Å². The smallest absolute Gasteiger partial charge is 0.336 e. The lowest BCUT2D eigenvalue weighted by molar-refractivity contribution is -0.384. The van der Waals surface area contributed by atoms with Gasteiger partial charge in [0, 0.05) is 13.2 Å². The molecule has 1 aromatic rings. The van der Waals surface area contributed by atoms with Gasteiger partial charge in [0.1, 0.15) is 5.02 Å². The number of hydrogen-bond acceptors (Lipinski definition) is 4. The van der Waals surface area contributed by atoms with Crippen LogP contribution in [0.2, 0.25) is 5.02 Å². The Balaban J connectivity index is 3.36. The number of nitro groups is 1. The maximum Gasteiger partial charge on any atom is 0.336 e. The maximum absolute atomic E-state index is 10.9. The van der Waals surface area contributed by atoms with E-state index in [4.69, 9.17) is 21.4 Å². The molecule has 0 amide bonds. The minimum absolute atomic E-state index is 0.0271. The van der Waals surface area contributed by atoms with Crippen LogP contribution in [0, 0.1) is 10.1 Å². The van der Waals surface area contributed by atoms with Gasteiger partial charge < -0.3 is 9.84 Å².